The van der Waals surface area contributed by atoms with Gasteiger partial charge in [-0.25, -0.2) is 0 Å². The standard InChI is InChI=1S/C22H28N2O4/c1-2-22(27)17-3-9-21(10-4-17)28-16-20(26)15-23-11-13-24(14-12-23)18-5-7-19(25)8-6-18/h3-10,20,25-26H,2,11-16H2,1H3. The predicted octanol–water partition coefficient (Wildman–Crippen LogP) is 2.55. The molecule has 1 unspecified atom stereocenters. The van der Waals surface area contributed by atoms with Gasteiger partial charge in [-0.05, 0) is 48.5 Å². The Morgan fingerprint density at radius 2 is 1.68 bits per heavy atom. The molecule has 0 bridgehead atoms. The number of aliphatic hydroxyl groups is 1. The molecule has 0 aromatic heterocycles. The van der Waals surface area contributed by atoms with Crippen molar-refractivity contribution in [3.8, 4) is 11.5 Å². The predicted molar refractivity (Wildman–Crippen MR) is 109 cm³/mol. The molecule has 150 valence electrons. The van der Waals surface area contributed by atoms with Crippen LogP contribution < -0.4 is 9.64 Å². The molecule has 2 aromatic rings. The summed E-state index contributed by atoms with van der Waals surface area (Å²) < 4.78 is 5.66. The number of β-amino-alcohol motifs (C(OH)–C–C–N with tert-alkyl or cyclic N) is 1. The van der Waals surface area contributed by atoms with Crippen molar-refractivity contribution in [2.75, 3.05) is 44.2 Å². The Balaban J connectivity index is 1.40. The summed E-state index contributed by atoms with van der Waals surface area (Å²) in [4.78, 5) is 16.1. The van der Waals surface area contributed by atoms with E-state index in [2.05, 4.69) is 9.80 Å². The lowest BCUT2D eigenvalue weighted by Crippen LogP contribution is -2.49. The van der Waals surface area contributed by atoms with Crippen molar-refractivity contribution >= 4 is 11.5 Å². The van der Waals surface area contributed by atoms with E-state index in [4.69, 9.17) is 4.74 Å². The molecule has 6 nitrogen and oxygen atoms in total. The molecule has 0 spiro atoms. The van der Waals surface area contributed by atoms with E-state index < -0.39 is 6.10 Å². The number of nitrogens with zero attached hydrogens (tertiary/aromatic N) is 2. The molecule has 6 heteroatoms. The Morgan fingerprint density at radius 3 is 2.29 bits per heavy atom. The first-order valence-electron chi connectivity index (χ1n) is 9.75. The molecule has 1 saturated heterocycles. The average Bonchev–Trinajstić information content (AvgIpc) is 2.73. The van der Waals surface area contributed by atoms with Crippen LogP contribution in [-0.2, 0) is 0 Å². The second kappa shape index (κ2) is 9.57. The van der Waals surface area contributed by atoms with E-state index in [9.17, 15) is 15.0 Å². The van der Waals surface area contributed by atoms with Crippen LogP contribution in [0.3, 0.4) is 0 Å². The van der Waals surface area contributed by atoms with Crippen LogP contribution in [-0.4, -0.2) is 66.3 Å². The number of aliphatic hydroxyl groups excluding tert-OH is 1. The molecular weight excluding hydrogens is 356 g/mol. The minimum absolute atomic E-state index is 0.109. The van der Waals surface area contributed by atoms with Crippen molar-refractivity contribution in [3.05, 3.63) is 54.1 Å². The van der Waals surface area contributed by atoms with Crippen LogP contribution in [0.5, 0.6) is 11.5 Å². The van der Waals surface area contributed by atoms with Gasteiger partial charge in [0.05, 0.1) is 0 Å². The molecule has 0 aliphatic carbocycles. The number of phenols is 1. The first-order valence-corrected chi connectivity index (χ1v) is 9.75. The van der Waals surface area contributed by atoms with E-state index in [0.29, 0.717) is 24.3 Å². The Morgan fingerprint density at radius 1 is 1.04 bits per heavy atom. The average molecular weight is 384 g/mol. The molecule has 1 aliphatic heterocycles. The highest BCUT2D eigenvalue weighted by atomic mass is 16.5. The lowest BCUT2D eigenvalue weighted by atomic mass is 10.1. The number of hydrogen-bond acceptors (Lipinski definition) is 6. The number of aromatic hydroxyl groups is 1. The van der Waals surface area contributed by atoms with Crippen LogP contribution in [0.15, 0.2) is 48.5 Å². The number of ether oxygens (including phenoxy) is 1. The van der Waals surface area contributed by atoms with Gasteiger partial charge in [0.2, 0.25) is 0 Å². The molecular formula is C22H28N2O4. The van der Waals surface area contributed by atoms with Gasteiger partial charge in [0.15, 0.2) is 5.78 Å². The maximum absolute atomic E-state index is 11.6. The highest BCUT2D eigenvalue weighted by Gasteiger charge is 2.20. The molecule has 0 amide bonds. The lowest BCUT2D eigenvalue weighted by Gasteiger charge is -2.36. The van der Waals surface area contributed by atoms with Gasteiger partial charge < -0.3 is 19.8 Å². The number of carbonyl (C=O) groups excluding carboxylic acids is 1. The summed E-state index contributed by atoms with van der Waals surface area (Å²) in [6.45, 7) is 6.12. The second-order valence-corrected chi connectivity index (χ2v) is 7.07. The molecule has 1 fully saturated rings. The topological polar surface area (TPSA) is 73.2 Å². The quantitative estimate of drug-likeness (QED) is 0.682. The SMILES string of the molecule is CCC(=O)c1ccc(OCC(O)CN2CCN(c3ccc(O)cc3)CC2)cc1. The van der Waals surface area contributed by atoms with Crippen molar-refractivity contribution < 1.29 is 19.7 Å². The number of anilines is 1. The van der Waals surface area contributed by atoms with Crippen LogP contribution >= 0.6 is 0 Å². The number of phenolic OH excluding ortho intramolecular Hbond substituents is 1. The largest absolute Gasteiger partial charge is 0.508 e. The Labute approximate surface area is 166 Å². The molecule has 1 atom stereocenters. The molecule has 1 aliphatic rings. The minimum atomic E-state index is -0.572. The van der Waals surface area contributed by atoms with E-state index in [-0.39, 0.29) is 18.1 Å². The first kappa shape index (κ1) is 20.2. The maximum atomic E-state index is 11.6. The maximum Gasteiger partial charge on any atom is 0.162 e. The van der Waals surface area contributed by atoms with Crippen LogP contribution in [0.2, 0.25) is 0 Å². The van der Waals surface area contributed by atoms with E-state index in [1.807, 2.05) is 19.1 Å². The summed E-state index contributed by atoms with van der Waals surface area (Å²) in [5, 5.41) is 19.7. The monoisotopic (exact) mass is 384 g/mol. The van der Waals surface area contributed by atoms with Crippen molar-refractivity contribution in [2.45, 2.75) is 19.4 Å². The zero-order valence-corrected chi connectivity index (χ0v) is 16.3. The molecule has 2 N–H and O–H groups in total. The van der Waals surface area contributed by atoms with Gasteiger partial charge in [0, 0.05) is 50.4 Å². The Hall–Kier alpha value is -2.57. The van der Waals surface area contributed by atoms with E-state index in [1.54, 1.807) is 36.4 Å². The molecule has 1 heterocycles. The van der Waals surface area contributed by atoms with Gasteiger partial charge in [-0.2, -0.15) is 0 Å². The van der Waals surface area contributed by atoms with E-state index >= 15 is 0 Å². The minimum Gasteiger partial charge on any atom is -0.508 e. The van der Waals surface area contributed by atoms with Crippen molar-refractivity contribution in [1.29, 1.82) is 0 Å². The summed E-state index contributed by atoms with van der Waals surface area (Å²) in [5.41, 5.74) is 1.79. The molecule has 2 aromatic carbocycles. The van der Waals surface area contributed by atoms with Gasteiger partial charge >= 0.3 is 0 Å². The van der Waals surface area contributed by atoms with E-state index in [1.165, 1.54) is 0 Å². The normalized spacial score (nSPS) is 16.0. The third-order valence-electron chi connectivity index (χ3n) is 5.00. The molecule has 0 saturated carbocycles. The number of benzene rings is 2. The summed E-state index contributed by atoms with van der Waals surface area (Å²) >= 11 is 0. The number of carbonyl (C=O) groups is 1. The fourth-order valence-corrected chi connectivity index (χ4v) is 3.34. The number of rotatable bonds is 8. The van der Waals surface area contributed by atoms with Gasteiger partial charge in [0.1, 0.15) is 24.2 Å². The van der Waals surface area contributed by atoms with Crippen LogP contribution in [0.4, 0.5) is 5.69 Å². The molecule has 3 rings (SSSR count). The van der Waals surface area contributed by atoms with Gasteiger partial charge in [-0.1, -0.05) is 6.92 Å². The Kier molecular flexibility index (Phi) is 6.90. The molecule has 28 heavy (non-hydrogen) atoms. The zero-order valence-electron chi connectivity index (χ0n) is 16.3. The smallest absolute Gasteiger partial charge is 0.162 e. The van der Waals surface area contributed by atoms with Gasteiger partial charge in [-0.3, -0.25) is 9.69 Å². The Bertz CT molecular complexity index is 753. The number of ketones is 1. The number of hydrogen-bond donors (Lipinski definition) is 2. The first-order chi connectivity index (χ1) is 13.5. The summed E-state index contributed by atoms with van der Waals surface area (Å²) in [7, 11) is 0. The second-order valence-electron chi connectivity index (χ2n) is 7.07. The van der Waals surface area contributed by atoms with Crippen LogP contribution in [0, 0.1) is 0 Å². The summed E-state index contributed by atoms with van der Waals surface area (Å²) in [6.07, 6.45) is -0.0870. The highest BCUT2D eigenvalue weighted by Crippen LogP contribution is 2.20. The zero-order chi connectivity index (χ0) is 19.9. The summed E-state index contributed by atoms with van der Waals surface area (Å²) in [5.74, 6) is 1.04. The van der Waals surface area contributed by atoms with Crippen LogP contribution in [0.1, 0.15) is 23.7 Å². The van der Waals surface area contributed by atoms with Crippen LogP contribution in [0.25, 0.3) is 0 Å². The van der Waals surface area contributed by atoms with Crippen molar-refractivity contribution in [3.63, 3.8) is 0 Å². The fourth-order valence-electron chi connectivity index (χ4n) is 3.34. The third-order valence-corrected chi connectivity index (χ3v) is 5.00. The third kappa shape index (κ3) is 5.47. The number of piperazine rings is 1. The fraction of sp³-hybridized carbons (Fsp3) is 0.409. The van der Waals surface area contributed by atoms with Gasteiger partial charge in [0.25, 0.3) is 0 Å². The summed E-state index contributed by atoms with van der Waals surface area (Å²) in [6, 6.07) is 14.3. The molecule has 0 radical (unpaired) electrons. The van der Waals surface area contributed by atoms with Crippen molar-refractivity contribution in [2.24, 2.45) is 0 Å². The van der Waals surface area contributed by atoms with Crippen molar-refractivity contribution in [1.82, 2.24) is 4.90 Å². The van der Waals surface area contributed by atoms with Gasteiger partial charge in [-0.15, -0.1) is 0 Å². The highest BCUT2D eigenvalue weighted by molar-refractivity contribution is 5.95. The van der Waals surface area contributed by atoms with E-state index in [0.717, 1.165) is 31.9 Å². The lowest BCUT2D eigenvalue weighted by molar-refractivity contribution is 0.0663. The number of Topliss-reactive ketones (excluding diaryl/α,β-unsaturated/α-hetero) is 1.